The van der Waals surface area contributed by atoms with Gasteiger partial charge in [0, 0.05) is 0 Å². The predicted molar refractivity (Wildman–Crippen MR) is 125 cm³/mol. The molecule has 0 aliphatic carbocycles. The first-order valence-electron chi connectivity index (χ1n) is 9.95. The Morgan fingerprint density at radius 2 is 1.56 bits per heavy atom. The molecule has 0 radical (unpaired) electrons. The number of hydrogen-bond acceptors (Lipinski definition) is 4. The number of para-hydroxylation sites is 1. The van der Waals surface area contributed by atoms with Gasteiger partial charge >= 0.3 is 0 Å². The molecule has 0 unspecified atom stereocenters. The number of amides is 2. The highest BCUT2D eigenvalue weighted by atomic mass is 32.2. The van der Waals surface area contributed by atoms with Crippen molar-refractivity contribution >= 4 is 33.2 Å². The summed E-state index contributed by atoms with van der Waals surface area (Å²) in [6.07, 6.45) is 0. The summed E-state index contributed by atoms with van der Waals surface area (Å²) < 4.78 is 28.2. The van der Waals surface area contributed by atoms with Gasteiger partial charge in [0.1, 0.15) is 6.54 Å². The molecular formula is C24H25N3O4S. The Morgan fingerprint density at radius 1 is 0.906 bits per heavy atom. The minimum absolute atomic E-state index is 0.0781. The summed E-state index contributed by atoms with van der Waals surface area (Å²) in [5.74, 6) is -1.30. The number of nitrogens with zero attached hydrogens (tertiary/aromatic N) is 1. The first-order chi connectivity index (χ1) is 15.1. The minimum atomic E-state index is -4.04. The first kappa shape index (κ1) is 23.0. The van der Waals surface area contributed by atoms with Crippen LogP contribution in [0, 0.1) is 20.8 Å². The van der Waals surface area contributed by atoms with E-state index in [0.717, 1.165) is 21.0 Å². The zero-order valence-electron chi connectivity index (χ0n) is 18.1. The van der Waals surface area contributed by atoms with Crippen molar-refractivity contribution in [2.45, 2.75) is 25.7 Å². The topological polar surface area (TPSA) is 110 Å². The number of benzene rings is 3. The predicted octanol–water partition coefficient (Wildman–Crippen LogP) is 3.54. The molecule has 0 saturated heterocycles. The fourth-order valence-electron chi connectivity index (χ4n) is 3.27. The summed E-state index contributed by atoms with van der Waals surface area (Å²) in [7, 11) is -4.04. The lowest BCUT2D eigenvalue weighted by atomic mass is 10.1. The molecule has 32 heavy (non-hydrogen) atoms. The van der Waals surface area contributed by atoms with E-state index in [1.54, 1.807) is 36.4 Å². The summed E-state index contributed by atoms with van der Waals surface area (Å²) in [6, 6.07) is 18.0. The molecule has 7 nitrogen and oxygen atoms in total. The molecule has 8 heteroatoms. The molecule has 3 N–H and O–H groups in total. The molecule has 166 valence electrons. The zero-order chi connectivity index (χ0) is 23.5. The van der Waals surface area contributed by atoms with Crippen LogP contribution in [0.5, 0.6) is 0 Å². The molecule has 0 aromatic heterocycles. The van der Waals surface area contributed by atoms with Crippen LogP contribution < -0.4 is 15.4 Å². The third-order valence-electron chi connectivity index (χ3n) is 5.21. The van der Waals surface area contributed by atoms with E-state index in [-0.39, 0.29) is 16.1 Å². The van der Waals surface area contributed by atoms with E-state index in [1.807, 2.05) is 26.8 Å². The summed E-state index contributed by atoms with van der Waals surface area (Å²) in [5, 5.41) is 2.61. The normalized spacial score (nSPS) is 11.1. The van der Waals surface area contributed by atoms with E-state index in [4.69, 9.17) is 5.73 Å². The van der Waals surface area contributed by atoms with Gasteiger partial charge in [0.15, 0.2) is 0 Å². The fraction of sp³-hybridized carbons (Fsp3) is 0.167. The van der Waals surface area contributed by atoms with Crippen LogP contribution in [0.2, 0.25) is 0 Å². The monoisotopic (exact) mass is 451 g/mol. The van der Waals surface area contributed by atoms with Gasteiger partial charge in [-0.3, -0.25) is 13.9 Å². The third kappa shape index (κ3) is 4.81. The highest BCUT2D eigenvalue weighted by molar-refractivity contribution is 7.92. The molecule has 0 saturated carbocycles. The summed E-state index contributed by atoms with van der Waals surface area (Å²) in [5.41, 5.74) is 8.70. The van der Waals surface area contributed by atoms with Crippen LogP contribution in [-0.4, -0.2) is 26.8 Å². The molecule has 0 aliphatic heterocycles. The lowest BCUT2D eigenvalue weighted by molar-refractivity contribution is -0.114. The number of aryl methyl sites for hydroxylation is 2. The number of nitrogens with one attached hydrogen (secondary N) is 1. The van der Waals surface area contributed by atoms with Crippen molar-refractivity contribution in [3.63, 3.8) is 0 Å². The largest absolute Gasteiger partial charge is 0.366 e. The number of primary amides is 1. The number of anilines is 2. The average Bonchev–Trinajstić information content (AvgIpc) is 2.75. The Hall–Kier alpha value is -3.65. The Morgan fingerprint density at radius 3 is 2.22 bits per heavy atom. The van der Waals surface area contributed by atoms with E-state index < -0.39 is 28.4 Å². The highest BCUT2D eigenvalue weighted by Gasteiger charge is 2.29. The molecule has 0 atom stereocenters. The number of carbonyl (C=O) groups is 2. The molecule has 3 aromatic rings. The van der Waals surface area contributed by atoms with Crippen molar-refractivity contribution in [2.24, 2.45) is 5.73 Å². The molecular weight excluding hydrogens is 426 g/mol. The first-order valence-corrected chi connectivity index (χ1v) is 11.4. The van der Waals surface area contributed by atoms with E-state index in [9.17, 15) is 18.0 Å². The van der Waals surface area contributed by atoms with E-state index >= 15 is 0 Å². The van der Waals surface area contributed by atoms with Gasteiger partial charge in [-0.25, -0.2) is 8.42 Å². The van der Waals surface area contributed by atoms with E-state index in [1.165, 1.54) is 24.3 Å². The number of sulfonamides is 1. The van der Waals surface area contributed by atoms with Crippen LogP contribution in [0.15, 0.2) is 71.6 Å². The lowest BCUT2D eigenvalue weighted by Gasteiger charge is -2.26. The second kappa shape index (κ2) is 9.23. The van der Waals surface area contributed by atoms with Crippen LogP contribution in [0.25, 0.3) is 0 Å². The van der Waals surface area contributed by atoms with Crippen LogP contribution in [0.3, 0.4) is 0 Å². The molecule has 0 heterocycles. The molecule has 0 aliphatic rings. The second-order valence-corrected chi connectivity index (χ2v) is 9.36. The van der Waals surface area contributed by atoms with Gasteiger partial charge in [-0.1, -0.05) is 42.0 Å². The van der Waals surface area contributed by atoms with Gasteiger partial charge in [0.2, 0.25) is 5.91 Å². The maximum atomic E-state index is 13.5. The molecule has 2 amide bonds. The van der Waals surface area contributed by atoms with Gasteiger partial charge in [-0.2, -0.15) is 0 Å². The molecule has 0 fully saturated rings. The second-order valence-electron chi connectivity index (χ2n) is 7.50. The quantitative estimate of drug-likeness (QED) is 0.572. The van der Waals surface area contributed by atoms with Gasteiger partial charge < -0.3 is 11.1 Å². The Kier molecular flexibility index (Phi) is 6.64. The Labute approximate surface area is 187 Å². The maximum Gasteiger partial charge on any atom is 0.264 e. The smallest absolute Gasteiger partial charge is 0.264 e. The summed E-state index contributed by atoms with van der Waals surface area (Å²) >= 11 is 0. The van der Waals surface area contributed by atoms with E-state index in [0.29, 0.717) is 5.69 Å². The standard InChI is InChI=1S/C24H25N3O4S/c1-16-11-13-19(14-12-16)32(30,31)27(22-10-6-7-17(2)18(22)3)15-23(28)26-21-9-5-4-8-20(21)24(25)29/h4-14H,15H2,1-3H3,(H2,25,29)(H,26,28). The Bertz CT molecular complexity index is 1270. The number of nitrogens with two attached hydrogens (primary N) is 1. The number of carbonyl (C=O) groups excluding carboxylic acids is 2. The number of rotatable bonds is 7. The van der Waals surface area contributed by atoms with Crippen molar-refractivity contribution in [1.82, 2.24) is 0 Å². The van der Waals surface area contributed by atoms with Gasteiger partial charge in [0.05, 0.1) is 21.8 Å². The van der Waals surface area contributed by atoms with Crippen molar-refractivity contribution in [3.8, 4) is 0 Å². The molecule has 3 rings (SSSR count). The average molecular weight is 452 g/mol. The van der Waals surface area contributed by atoms with Crippen LogP contribution in [0.4, 0.5) is 11.4 Å². The third-order valence-corrected chi connectivity index (χ3v) is 6.98. The highest BCUT2D eigenvalue weighted by Crippen LogP contribution is 2.29. The molecule has 3 aromatic carbocycles. The minimum Gasteiger partial charge on any atom is -0.366 e. The fourth-order valence-corrected chi connectivity index (χ4v) is 4.75. The zero-order valence-corrected chi connectivity index (χ0v) is 18.9. The van der Waals surface area contributed by atoms with Crippen molar-refractivity contribution in [1.29, 1.82) is 0 Å². The molecule has 0 spiro atoms. The maximum absolute atomic E-state index is 13.5. The SMILES string of the molecule is Cc1ccc(S(=O)(=O)N(CC(=O)Nc2ccccc2C(N)=O)c2cccc(C)c2C)cc1. The molecule has 0 bridgehead atoms. The van der Waals surface area contributed by atoms with E-state index in [2.05, 4.69) is 5.32 Å². The number of hydrogen-bond donors (Lipinski definition) is 2. The summed E-state index contributed by atoms with van der Waals surface area (Å²) in [6.45, 7) is 5.07. The van der Waals surface area contributed by atoms with Crippen LogP contribution in [0.1, 0.15) is 27.0 Å². The van der Waals surface area contributed by atoms with Crippen LogP contribution in [-0.2, 0) is 14.8 Å². The van der Waals surface area contributed by atoms with Crippen molar-refractivity contribution < 1.29 is 18.0 Å². The lowest BCUT2D eigenvalue weighted by Crippen LogP contribution is -2.39. The van der Waals surface area contributed by atoms with Gasteiger partial charge in [-0.15, -0.1) is 0 Å². The Balaban J connectivity index is 2.02. The van der Waals surface area contributed by atoms with Crippen LogP contribution >= 0.6 is 0 Å². The van der Waals surface area contributed by atoms with Crippen molar-refractivity contribution in [2.75, 3.05) is 16.2 Å². The van der Waals surface area contributed by atoms with Crippen molar-refractivity contribution in [3.05, 3.63) is 89.0 Å². The summed E-state index contributed by atoms with van der Waals surface area (Å²) in [4.78, 5) is 24.7. The van der Waals surface area contributed by atoms with Gasteiger partial charge in [0.25, 0.3) is 15.9 Å². The van der Waals surface area contributed by atoms with Gasteiger partial charge in [-0.05, 0) is 62.2 Å².